The molecule has 0 radical (unpaired) electrons. The number of hydrogen-bond donors (Lipinski definition) is 2. The van der Waals surface area contributed by atoms with E-state index in [2.05, 4.69) is 20.0 Å². The van der Waals surface area contributed by atoms with Crippen molar-refractivity contribution in [1.29, 1.82) is 0 Å². The fourth-order valence-corrected chi connectivity index (χ4v) is 4.44. The van der Waals surface area contributed by atoms with E-state index in [9.17, 15) is 17.6 Å². The van der Waals surface area contributed by atoms with Gasteiger partial charge in [0, 0.05) is 6.20 Å². The molecule has 0 spiro atoms. The highest BCUT2D eigenvalue weighted by Gasteiger charge is 2.16. The molecule has 29 heavy (non-hydrogen) atoms. The normalized spacial score (nSPS) is 11.3. The van der Waals surface area contributed by atoms with E-state index < -0.39 is 21.7 Å². The van der Waals surface area contributed by atoms with Crippen LogP contribution in [0.4, 0.5) is 15.2 Å². The van der Waals surface area contributed by atoms with Gasteiger partial charge in [-0.2, -0.15) is 0 Å². The number of thiazole rings is 1. The Balaban J connectivity index is 1.53. The van der Waals surface area contributed by atoms with Crippen molar-refractivity contribution in [3.05, 3.63) is 78.4 Å². The fraction of sp³-hybridized carbons (Fsp3) is 0. The number of halogens is 1. The van der Waals surface area contributed by atoms with Gasteiger partial charge in [0.15, 0.2) is 5.13 Å². The zero-order chi connectivity index (χ0) is 20.4. The van der Waals surface area contributed by atoms with Crippen molar-refractivity contribution >= 4 is 48.3 Å². The first-order chi connectivity index (χ1) is 13.9. The summed E-state index contributed by atoms with van der Waals surface area (Å²) in [6.45, 7) is 0. The number of hydrogen-bond acceptors (Lipinski definition) is 6. The third-order valence-electron chi connectivity index (χ3n) is 3.88. The smallest absolute Gasteiger partial charge is 0.276 e. The SMILES string of the molecule is O=C(Nc1nc2ccccc2s1)c1cc(NS(=O)(=O)c2ccc(F)cc2)ccn1. The van der Waals surface area contributed by atoms with E-state index in [1.807, 2.05) is 24.3 Å². The van der Waals surface area contributed by atoms with Crippen LogP contribution in [0.15, 0.2) is 71.8 Å². The maximum Gasteiger partial charge on any atom is 0.276 e. The minimum atomic E-state index is -3.94. The molecular weight excluding hydrogens is 415 g/mol. The van der Waals surface area contributed by atoms with Gasteiger partial charge >= 0.3 is 0 Å². The molecule has 10 heteroatoms. The van der Waals surface area contributed by atoms with E-state index in [1.165, 1.54) is 29.7 Å². The Kier molecular flexibility index (Phi) is 4.95. The zero-order valence-electron chi connectivity index (χ0n) is 14.7. The van der Waals surface area contributed by atoms with E-state index in [-0.39, 0.29) is 16.3 Å². The third kappa shape index (κ3) is 4.23. The first kappa shape index (κ1) is 19.0. The van der Waals surface area contributed by atoms with Crippen LogP contribution in [0.1, 0.15) is 10.5 Å². The molecular formula is C19H13FN4O3S2. The quantitative estimate of drug-likeness (QED) is 0.502. The van der Waals surface area contributed by atoms with E-state index in [0.29, 0.717) is 5.13 Å². The van der Waals surface area contributed by atoms with Crippen molar-refractivity contribution in [2.45, 2.75) is 4.90 Å². The van der Waals surface area contributed by atoms with Crippen molar-refractivity contribution < 1.29 is 17.6 Å². The number of para-hydroxylation sites is 1. The number of nitrogens with zero attached hydrogens (tertiary/aromatic N) is 2. The molecule has 0 atom stereocenters. The first-order valence-corrected chi connectivity index (χ1v) is 10.6. The molecule has 1 amide bonds. The van der Waals surface area contributed by atoms with Gasteiger partial charge in [-0.3, -0.25) is 19.8 Å². The molecule has 0 saturated carbocycles. The maximum atomic E-state index is 13.0. The van der Waals surface area contributed by atoms with E-state index >= 15 is 0 Å². The molecule has 0 fully saturated rings. The second kappa shape index (κ2) is 7.57. The number of sulfonamides is 1. The summed E-state index contributed by atoms with van der Waals surface area (Å²) in [4.78, 5) is 20.7. The summed E-state index contributed by atoms with van der Waals surface area (Å²) in [5, 5.41) is 3.08. The van der Waals surface area contributed by atoms with Crippen molar-refractivity contribution in [3.63, 3.8) is 0 Å². The standard InChI is InChI=1S/C19H13FN4O3S2/c20-12-5-7-14(8-6-12)29(26,27)24-13-9-10-21-16(11-13)18(25)23-19-22-15-3-1-2-4-17(15)28-19/h1-11H,(H,21,24)(H,22,23,25). The predicted molar refractivity (Wildman–Crippen MR) is 109 cm³/mol. The fourth-order valence-electron chi connectivity index (χ4n) is 2.53. The van der Waals surface area contributed by atoms with E-state index in [0.717, 1.165) is 34.5 Å². The number of nitrogens with one attached hydrogen (secondary N) is 2. The molecule has 7 nitrogen and oxygen atoms in total. The summed E-state index contributed by atoms with van der Waals surface area (Å²) in [6.07, 6.45) is 1.32. The lowest BCUT2D eigenvalue weighted by Gasteiger charge is -2.09. The summed E-state index contributed by atoms with van der Waals surface area (Å²) in [7, 11) is -3.94. The Labute approximate surface area is 169 Å². The Bertz CT molecular complexity index is 1270. The van der Waals surface area contributed by atoms with Crippen molar-refractivity contribution in [2.24, 2.45) is 0 Å². The number of anilines is 2. The van der Waals surface area contributed by atoms with Crippen LogP contribution in [0, 0.1) is 5.82 Å². The van der Waals surface area contributed by atoms with E-state index in [1.54, 1.807) is 0 Å². The lowest BCUT2D eigenvalue weighted by Crippen LogP contribution is -2.16. The van der Waals surface area contributed by atoms with Gasteiger partial charge in [-0.15, -0.1) is 0 Å². The maximum absolute atomic E-state index is 13.0. The summed E-state index contributed by atoms with van der Waals surface area (Å²) in [5.41, 5.74) is 0.934. The van der Waals surface area contributed by atoms with Crippen LogP contribution < -0.4 is 10.0 Å². The van der Waals surface area contributed by atoms with Gasteiger partial charge in [0.1, 0.15) is 11.5 Å². The minimum Gasteiger partial charge on any atom is -0.296 e. The summed E-state index contributed by atoms with van der Waals surface area (Å²) >= 11 is 1.32. The molecule has 0 saturated heterocycles. The molecule has 0 aliphatic heterocycles. The summed E-state index contributed by atoms with van der Waals surface area (Å²) in [6, 6.07) is 14.6. The largest absolute Gasteiger partial charge is 0.296 e. The van der Waals surface area contributed by atoms with E-state index in [4.69, 9.17) is 0 Å². The molecule has 2 heterocycles. The van der Waals surface area contributed by atoms with Crippen LogP contribution in [0.2, 0.25) is 0 Å². The average molecular weight is 428 g/mol. The van der Waals surface area contributed by atoms with Crippen molar-refractivity contribution in [1.82, 2.24) is 9.97 Å². The molecule has 4 aromatic rings. The molecule has 0 bridgehead atoms. The monoisotopic (exact) mass is 428 g/mol. The molecule has 0 aliphatic rings. The number of pyridine rings is 1. The molecule has 146 valence electrons. The molecule has 2 aromatic carbocycles. The predicted octanol–water partition coefficient (Wildman–Crippen LogP) is 3.88. The number of rotatable bonds is 5. The van der Waals surface area contributed by atoms with Gasteiger partial charge in [-0.05, 0) is 48.5 Å². The lowest BCUT2D eigenvalue weighted by molar-refractivity contribution is 0.102. The lowest BCUT2D eigenvalue weighted by atomic mass is 10.3. The molecule has 2 N–H and O–H groups in total. The van der Waals surface area contributed by atoms with Crippen LogP contribution in [-0.2, 0) is 10.0 Å². The Morgan fingerprint density at radius 3 is 2.55 bits per heavy atom. The number of carbonyl (C=O) groups is 1. The molecule has 0 unspecified atom stereocenters. The van der Waals surface area contributed by atoms with Crippen molar-refractivity contribution in [2.75, 3.05) is 10.0 Å². The van der Waals surface area contributed by atoms with Crippen LogP contribution in [0.5, 0.6) is 0 Å². The number of carbonyl (C=O) groups excluding carboxylic acids is 1. The van der Waals surface area contributed by atoms with Gasteiger partial charge in [0.25, 0.3) is 15.9 Å². The first-order valence-electron chi connectivity index (χ1n) is 8.32. The Morgan fingerprint density at radius 1 is 1.03 bits per heavy atom. The molecule has 4 rings (SSSR count). The van der Waals surface area contributed by atoms with Crippen molar-refractivity contribution in [3.8, 4) is 0 Å². The average Bonchev–Trinajstić information content (AvgIpc) is 3.10. The van der Waals surface area contributed by atoms with Gasteiger partial charge in [-0.1, -0.05) is 23.5 Å². The van der Waals surface area contributed by atoms with Gasteiger partial charge in [-0.25, -0.2) is 17.8 Å². The highest BCUT2D eigenvalue weighted by molar-refractivity contribution is 7.92. The van der Waals surface area contributed by atoms with Crippen LogP contribution in [0.3, 0.4) is 0 Å². The second-order valence-corrected chi connectivity index (χ2v) is 8.64. The Hall–Kier alpha value is -3.37. The highest BCUT2D eigenvalue weighted by Crippen LogP contribution is 2.26. The zero-order valence-corrected chi connectivity index (χ0v) is 16.3. The number of fused-ring (bicyclic) bond motifs is 1. The molecule has 2 aromatic heterocycles. The highest BCUT2D eigenvalue weighted by atomic mass is 32.2. The third-order valence-corrected chi connectivity index (χ3v) is 6.23. The van der Waals surface area contributed by atoms with Gasteiger partial charge < -0.3 is 0 Å². The minimum absolute atomic E-state index is 0.0172. The van der Waals surface area contributed by atoms with Crippen LogP contribution >= 0.6 is 11.3 Å². The molecule has 0 aliphatic carbocycles. The number of aromatic nitrogens is 2. The van der Waals surface area contributed by atoms with Gasteiger partial charge in [0.05, 0.1) is 20.8 Å². The van der Waals surface area contributed by atoms with Gasteiger partial charge in [0.2, 0.25) is 0 Å². The summed E-state index contributed by atoms with van der Waals surface area (Å²) in [5.74, 6) is -1.06. The Morgan fingerprint density at radius 2 is 1.79 bits per heavy atom. The van der Waals surface area contributed by atoms with Crippen LogP contribution in [0.25, 0.3) is 10.2 Å². The second-order valence-electron chi connectivity index (χ2n) is 5.93. The number of benzene rings is 2. The summed E-state index contributed by atoms with van der Waals surface area (Å²) < 4.78 is 41.1. The number of amides is 1. The topological polar surface area (TPSA) is 101 Å². The van der Waals surface area contributed by atoms with Crippen LogP contribution in [-0.4, -0.2) is 24.3 Å².